The van der Waals surface area contributed by atoms with E-state index >= 15 is 0 Å². The topological polar surface area (TPSA) is 21.3 Å². The van der Waals surface area contributed by atoms with Gasteiger partial charge in [0.2, 0.25) is 0 Å². The van der Waals surface area contributed by atoms with E-state index in [1.165, 1.54) is 12.1 Å². The Morgan fingerprint density at radius 3 is 2.33 bits per heavy atom. The summed E-state index contributed by atoms with van der Waals surface area (Å²) in [5, 5.41) is 3.42. The van der Waals surface area contributed by atoms with E-state index in [2.05, 4.69) is 19.2 Å². The Kier molecular flexibility index (Phi) is 5.20. The first kappa shape index (κ1) is 15.4. The highest BCUT2D eigenvalue weighted by molar-refractivity contribution is 5.57. The summed E-state index contributed by atoms with van der Waals surface area (Å²) >= 11 is 0. The molecule has 0 radical (unpaired) electrons. The van der Waals surface area contributed by atoms with Crippen LogP contribution in [0.25, 0.3) is 0 Å². The van der Waals surface area contributed by atoms with Crippen LogP contribution >= 0.6 is 0 Å². The summed E-state index contributed by atoms with van der Waals surface area (Å²) in [6, 6.07) is 14.5. The predicted molar refractivity (Wildman–Crippen MR) is 85.2 cm³/mol. The van der Waals surface area contributed by atoms with E-state index in [1.54, 1.807) is 12.1 Å². The number of anilines is 1. The van der Waals surface area contributed by atoms with Gasteiger partial charge in [-0.15, -0.1) is 0 Å². The van der Waals surface area contributed by atoms with Crippen molar-refractivity contribution in [3.8, 4) is 5.75 Å². The van der Waals surface area contributed by atoms with Crippen molar-refractivity contribution in [3.63, 3.8) is 0 Å². The second kappa shape index (κ2) is 7.11. The molecule has 0 aliphatic carbocycles. The molecule has 2 nitrogen and oxygen atoms in total. The SMILES string of the molecule is CC(C)COc1ccccc1NC(C)c1ccc(F)cc1. The quantitative estimate of drug-likeness (QED) is 0.804. The summed E-state index contributed by atoms with van der Waals surface area (Å²) in [6.07, 6.45) is 0. The van der Waals surface area contributed by atoms with Crippen LogP contribution in [0.15, 0.2) is 48.5 Å². The van der Waals surface area contributed by atoms with Crippen LogP contribution < -0.4 is 10.1 Å². The Morgan fingerprint density at radius 2 is 1.67 bits per heavy atom. The maximum Gasteiger partial charge on any atom is 0.142 e. The van der Waals surface area contributed by atoms with Crippen LogP contribution in [0, 0.1) is 11.7 Å². The zero-order chi connectivity index (χ0) is 15.2. The third kappa shape index (κ3) is 4.48. The lowest BCUT2D eigenvalue weighted by molar-refractivity contribution is 0.272. The Bertz CT molecular complexity index is 566. The molecule has 0 aliphatic rings. The minimum Gasteiger partial charge on any atom is -0.491 e. The third-order valence-corrected chi connectivity index (χ3v) is 3.20. The summed E-state index contributed by atoms with van der Waals surface area (Å²) in [7, 11) is 0. The molecular formula is C18H22FNO. The number of hydrogen-bond acceptors (Lipinski definition) is 2. The zero-order valence-corrected chi connectivity index (χ0v) is 12.8. The average Bonchev–Trinajstić information content (AvgIpc) is 2.47. The summed E-state index contributed by atoms with van der Waals surface area (Å²) in [5.74, 6) is 1.11. The standard InChI is InChI=1S/C18H22FNO/c1-13(2)12-21-18-7-5-4-6-17(18)20-14(3)15-8-10-16(19)11-9-15/h4-11,13-14,20H,12H2,1-3H3. The molecule has 2 aromatic carbocycles. The summed E-state index contributed by atoms with van der Waals surface area (Å²) in [6.45, 7) is 6.98. The van der Waals surface area contributed by atoms with Crippen molar-refractivity contribution in [3.05, 3.63) is 59.9 Å². The molecule has 0 bridgehead atoms. The molecule has 0 heterocycles. The molecule has 1 atom stereocenters. The highest BCUT2D eigenvalue weighted by Gasteiger charge is 2.09. The Balaban J connectivity index is 2.09. The van der Waals surface area contributed by atoms with Crippen LogP contribution in [0.5, 0.6) is 5.75 Å². The van der Waals surface area contributed by atoms with Gasteiger partial charge in [-0.05, 0) is 42.7 Å². The molecule has 2 aromatic rings. The molecular weight excluding hydrogens is 265 g/mol. The van der Waals surface area contributed by atoms with Crippen LogP contribution in [0.4, 0.5) is 10.1 Å². The largest absolute Gasteiger partial charge is 0.491 e. The molecule has 3 heteroatoms. The number of rotatable bonds is 6. The first-order valence-corrected chi connectivity index (χ1v) is 7.30. The summed E-state index contributed by atoms with van der Waals surface area (Å²) < 4.78 is 18.8. The van der Waals surface area contributed by atoms with Gasteiger partial charge in [0, 0.05) is 6.04 Å². The number of ether oxygens (including phenoxy) is 1. The first-order chi connectivity index (χ1) is 10.1. The highest BCUT2D eigenvalue weighted by Crippen LogP contribution is 2.28. The van der Waals surface area contributed by atoms with Gasteiger partial charge in [0.1, 0.15) is 11.6 Å². The van der Waals surface area contributed by atoms with Gasteiger partial charge in [-0.2, -0.15) is 0 Å². The molecule has 0 spiro atoms. The maximum absolute atomic E-state index is 13.0. The molecule has 0 saturated carbocycles. The average molecular weight is 287 g/mol. The van der Waals surface area contributed by atoms with E-state index < -0.39 is 0 Å². The van der Waals surface area contributed by atoms with Gasteiger partial charge in [-0.25, -0.2) is 4.39 Å². The van der Waals surface area contributed by atoms with Crippen molar-refractivity contribution in [1.82, 2.24) is 0 Å². The second-order valence-corrected chi connectivity index (χ2v) is 5.62. The minimum atomic E-state index is -0.216. The van der Waals surface area contributed by atoms with Crippen molar-refractivity contribution in [2.75, 3.05) is 11.9 Å². The number of hydrogen-bond donors (Lipinski definition) is 1. The van der Waals surface area contributed by atoms with Crippen molar-refractivity contribution >= 4 is 5.69 Å². The van der Waals surface area contributed by atoms with Crippen LogP contribution in [0.3, 0.4) is 0 Å². The van der Waals surface area contributed by atoms with Gasteiger partial charge in [-0.3, -0.25) is 0 Å². The van der Waals surface area contributed by atoms with E-state index in [9.17, 15) is 4.39 Å². The second-order valence-electron chi connectivity index (χ2n) is 5.62. The molecule has 21 heavy (non-hydrogen) atoms. The molecule has 0 aromatic heterocycles. The molecule has 0 amide bonds. The number of para-hydroxylation sites is 2. The minimum absolute atomic E-state index is 0.0781. The molecule has 2 rings (SSSR count). The molecule has 1 N–H and O–H groups in total. The van der Waals surface area contributed by atoms with Gasteiger partial charge in [0.05, 0.1) is 12.3 Å². The molecule has 112 valence electrons. The summed E-state index contributed by atoms with van der Waals surface area (Å²) in [4.78, 5) is 0. The van der Waals surface area contributed by atoms with Gasteiger partial charge >= 0.3 is 0 Å². The van der Waals surface area contributed by atoms with Crippen LogP contribution in [-0.4, -0.2) is 6.61 Å². The van der Waals surface area contributed by atoms with E-state index in [1.807, 2.05) is 31.2 Å². The molecule has 0 saturated heterocycles. The van der Waals surface area contributed by atoms with E-state index in [4.69, 9.17) is 4.74 Å². The Labute approximate surface area is 126 Å². The van der Waals surface area contributed by atoms with Gasteiger partial charge < -0.3 is 10.1 Å². The number of halogens is 1. The number of nitrogens with one attached hydrogen (secondary N) is 1. The Hall–Kier alpha value is -2.03. The zero-order valence-electron chi connectivity index (χ0n) is 12.8. The fourth-order valence-electron chi connectivity index (χ4n) is 2.04. The van der Waals surface area contributed by atoms with E-state index in [-0.39, 0.29) is 11.9 Å². The number of benzene rings is 2. The monoisotopic (exact) mass is 287 g/mol. The summed E-state index contributed by atoms with van der Waals surface area (Å²) in [5.41, 5.74) is 1.99. The lowest BCUT2D eigenvalue weighted by atomic mass is 10.1. The maximum atomic E-state index is 13.0. The smallest absolute Gasteiger partial charge is 0.142 e. The van der Waals surface area contributed by atoms with E-state index in [0.717, 1.165) is 17.0 Å². The Morgan fingerprint density at radius 1 is 1.00 bits per heavy atom. The van der Waals surface area contributed by atoms with Gasteiger partial charge in [0.15, 0.2) is 0 Å². The highest BCUT2D eigenvalue weighted by atomic mass is 19.1. The van der Waals surface area contributed by atoms with Crippen molar-refractivity contribution in [2.24, 2.45) is 5.92 Å². The fraction of sp³-hybridized carbons (Fsp3) is 0.333. The first-order valence-electron chi connectivity index (χ1n) is 7.30. The fourth-order valence-corrected chi connectivity index (χ4v) is 2.04. The van der Waals surface area contributed by atoms with Crippen LogP contribution in [-0.2, 0) is 0 Å². The van der Waals surface area contributed by atoms with Crippen LogP contribution in [0.1, 0.15) is 32.4 Å². The van der Waals surface area contributed by atoms with E-state index in [0.29, 0.717) is 12.5 Å². The normalized spacial score (nSPS) is 12.2. The van der Waals surface area contributed by atoms with Gasteiger partial charge in [-0.1, -0.05) is 38.1 Å². The molecule has 1 unspecified atom stereocenters. The predicted octanol–water partition coefficient (Wildman–Crippen LogP) is 5.03. The van der Waals surface area contributed by atoms with Crippen molar-refractivity contribution in [1.29, 1.82) is 0 Å². The molecule has 0 aliphatic heterocycles. The van der Waals surface area contributed by atoms with Crippen molar-refractivity contribution < 1.29 is 9.13 Å². The lowest BCUT2D eigenvalue weighted by Crippen LogP contribution is -2.10. The van der Waals surface area contributed by atoms with Gasteiger partial charge in [0.25, 0.3) is 0 Å². The molecule has 0 fully saturated rings. The lowest BCUT2D eigenvalue weighted by Gasteiger charge is -2.19. The van der Waals surface area contributed by atoms with Crippen LogP contribution in [0.2, 0.25) is 0 Å². The van der Waals surface area contributed by atoms with Crippen molar-refractivity contribution in [2.45, 2.75) is 26.8 Å². The third-order valence-electron chi connectivity index (χ3n) is 3.20.